The Morgan fingerprint density at radius 1 is 1.12 bits per heavy atom. The Hall–Kier alpha value is -3.15. The molecule has 3 rings (SSSR count). The average molecular weight is 337 g/mol. The summed E-state index contributed by atoms with van der Waals surface area (Å²) < 4.78 is 6.46. The van der Waals surface area contributed by atoms with E-state index < -0.39 is 0 Å². The predicted octanol–water partition coefficient (Wildman–Crippen LogP) is 3.07. The van der Waals surface area contributed by atoms with E-state index in [1.807, 2.05) is 6.92 Å². The molecule has 0 aliphatic heterocycles. The molecule has 6 nitrogen and oxygen atoms in total. The summed E-state index contributed by atoms with van der Waals surface area (Å²) >= 11 is 0. The highest BCUT2D eigenvalue weighted by atomic mass is 16.5. The third-order valence-electron chi connectivity index (χ3n) is 3.87. The second-order valence-electron chi connectivity index (χ2n) is 5.61. The van der Waals surface area contributed by atoms with Crippen LogP contribution >= 0.6 is 0 Å². The Morgan fingerprint density at radius 2 is 1.80 bits per heavy atom. The van der Waals surface area contributed by atoms with E-state index in [4.69, 9.17) is 4.74 Å². The largest absolute Gasteiger partial charge is 0.497 e. The Bertz CT molecular complexity index is 962. The molecule has 0 bridgehead atoms. The van der Waals surface area contributed by atoms with Crippen LogP contribution in [0.25, 0.3) is 10.8 Å². The Kier molecular flexibility index (Phi) is 4.79. The molecule has 0 aliphatic rings. The summed E-state index contributed by atoms with van der Waals surface area (Å²) in [5.74, 6) is 0.351. The summed E-state index contributed by atoms with van der Waals surface area (Å²) in [6.45, 7) is 2.42. The topological polar surface area (TPSA) is 73.2 Å². The highest BCUT2D eigenvalue weighted by Gasteiger charge is 2.16. The van der Waals surface area contributed by atoms with Crippen LogP contribution in [0.15, 0.2) is 53.3 Å². The molecule has 0 spiro atoms. The smallest absolute Gasteiger partial charge is 0.276 e. The number of aromatic nitrogens is 2. The summed E-state index contributed by atoms with van der Waals surface area (Å²) in [6.07, 6.45) is 0.755. The van der Waals surface area contributed by atoms with E-state index >= 15 is 0 Å². The molecule has 0 radical (unpaired) electrons. The third-order valence-corrected chi connectivity index (χ3v) is 3.87. The maximum absolute atomic E-state index is 12.7. The molecule has 0 aliphatic carbocycles. The van der Waals surface area contributed by atoms with Gasteiger partial charge in [-0.3, -0.25) is 9.59 Å². The normalized spacial score (nSPS) is 10.6. The van der Waals surface area contributed by atoms with E-state index in [0.717, 1.165) is 6.42 Å². The molecule has 1 heterocycles. The number of anilines is 1. The van der Waals surface area contributed by atoms with Gasteiger partial charge in [0.05, 0.1) is 12.5 Å². The molecule has 2 aromatic carbocycles. The second kappa shape index (κ2) is 7.17. The van der Waals surface area contributed by atoms with Crippen molar-refractivity contribution >= 4 is 22.4 Å². The first-order valence-electron chi connectivity index (χ1n) is 8.09. The van der Waals surface area contributed by atoms with Gasteiger partial charge < -0.3 is 10.1 Å². The van der Waals surface area contributed by atoms with Gasteiger partial charge in [-0.25, -0.2) is 4.68 Å². The van der Waals surface area contributed by atoms with Crippen molar-refractivity contribution in [3.63, 3.8) is 0 Å². The number of carbonyl (C=O) groups is 1. The maximum Gasteiger partial charge on any atom is 0.276 e. The summed E-state index contributed by atoms with van der Waals surface area (Å²) in [6, 6.07) is 14.1. The number of rotatable bonds is 5. The number of nitrogens with one attached hydrogen (secondary N) is 1. The third kappa shape index (κ3) is 3.38. The highest BCUT2D eigenvalue weighted by molar-refractivity contribution is 6.11. The SMILES string of the molecule is CCCn1nc(C(=O)Nc2ccc(OC)cc2)c2ccccc2c1=O. The summed E-state index contributed by atoms with van der Waals surface area (Å²) in [5.41, 5.74) is 0.683. The maximum atomic E-state index is 12.7. The Labute approximate surface area is 145 Å². The molecule has 0 atom stereocenters. The lowest BCUT2D eigenvalue weighted by Gasteiger charge is -2.11. The number of fused-ring (bicyclic) bond motifs is 1. The summed E-state index contributed by atoms with van der Waals surface area (Å²) in [4.78, 5) is 25.2. The molecule has 3 aromatic rings. The van der Waals surface area contributed by atoms with E-state index in [0.29, 0.717) is 28.8 Å². The Morgan fingerprint density at radius 3 is 2.44 bits per heavy atom. The van der Waals surface area contributed by atoms with Crippen LogP contribution in [-0.2, 0) is 6.54 Å². The highest BCUT2D eigenvalue weighted by Crippen LogP contribution is 2.18. The fourth-order valence-corrected chi connectivity index (χ4v) is 2.63. The Balaban J connectivity index is 2.02. The molecular weight excluding hydrogens is 318 g/mol. The molecule has 0 saturated carbocycles. The van der Waals surface area contributed by atoms with E-state index in [1.54, 1.807) is 55.6 Å². The van der Waals surface area contributed by atoms with Gasteiger partial charge in [0.25, 0.3) is 11.5 Å². The van der Waals surface area contributed by atoms with Crippen LogP contribution in [0, 0.1) is 0 Å². The van der Waals surface area contributed by atoms with Gasteiger partial charge in [-0.2, -0.15) is 5.10 Å². The van der Waals surface area contributed by atoms with Crippen LogP contribution in [0.2, 0.25) is 0 Å². The van der Waals surface area contributed by atoms with Gasteiger partial charge in [-0.15, -0.1) is 0 Å². The molecule has 128 valence electrons. The predicted molar refractivity (Wildman–Crippen MR) is 97.2 cm³/mol. The van der Waals surface area contributed by atoms with Crippen molar-refractivity contribution in [1.82, 2.24) is 9.78 Å². The number of benzene rings is 2. The lowest BCUT2D eigenvalue weighted by Crippen LogP contribution is -2.27. The zero-order valence-corrected chi connectivity index (χ0v) is 14.2. The molecule has 6 heteroatoms. The lowest BCUT2D eigenvalue weighted by atomic mass is 10.1. The number of hydrogen-bond acceptors (Lipinski definition) is 4. The number of aryl methyl sites for hydroxylation is 1. The number of nitrogens with zero attached hydrogens (tertiary/aromatic N) is 2. The zero-order valence-electron chi connectivity index (χ0n) is 14.2. The minimum atomic E-state index is -0.355. The van der Waals surface area contributed by atoms with Crippen LogP contribution in [0.4, 0.5) is 5.69 Å². The van der Waals surface area contributed by atoms with Gasteiger partial charge in [-0.05, 0) is 36.8 Å². The number of hydrogen-bond donors (Lipinski definition) is 1. The minimum Gasteiger partial charge on any atom is -0.497 e. The fourth-order valence-electron chi connectivity index (χ4n) is 2.63. The monoisotopic (exact) mass is 337 g/mol. The molecule has 1 amide bonds. The number of carbonyl (C=O) groups excluding carboxylic acids is 1. The van der Waals surface area contributed by atoms with Crippen molar-refractivity contribution in [3.05, 3.63) is 64.6 Å². The van der Waals surface area contributed by atoms with Crippen LogP contribution in [0.3, 0.4) is 0 Å². The van der Waals surface area contributed by atoms with Gasteiger partial charge in [0.1, 0.15) is 5.75 Å². The van der Waals surface area contributed by atoms with Gasteiger partial charge in [0.15, 0.2) is 5.69 Å². The van der Waals surface area contributed by atoms with Crippen molar-refractivity contribution in [2.75, 3.05) is 12.4 Å². The van der Waals surface area contributed by atoms with Gasteiger partial charge in [0.2, 0.25) is 0 Å². The summed E-state index contributed by atoms with van der Waals surface area (Å²) in [7, 11) is 1.58. The number of methoxy groups -OCH3 is 1. The van der Waals surface area contributed by atoms with E-state index in [1.165, 1.54) is 4.68 Å². The number of amides is 1. The molecule has 1 aromatic heterocycles. The lowest BCUT2D eigenvalue weighted by molar-refractivity contribution is 0.102. The average Bonchev–Trinajstić information content (AvgIpc) is 2.65. The van der Waals surface area contributed by atoms with Crippen LogP contribution in [0.5, 0.6) is 5.75 Å². The first kappa shape index (κ1) is 16.7. The molecule has 0 fully saturated rings. The molecule has 0 unspecified atom stereocenters. The quantitative estimate of drug-likeness (QED) is 0.776. The molecule has 25 heavy (non-hydrogen) atoms. The van der Waals surface area contributed by atoms with Gasteiger partial charge in [0, 0.05) is 17.6 Å². The van der Waals surface area contributed by atoms with Crippen LogP contribution in [-0.4, -0.2) is 22.8 Å². The minimum absolute atomic E-state index is 0.182. The van der Waals surface area contributed by atoms with Gasteiger partial charge >= 0.3 is 0 Å². The second-order valence-corrected chi connectivity index (χ2v) is 5.61. The molecule has 1 N–H and O–H groups in total. The van der Waals surface area contributed by atoms with Crippen molar-refractivity contribution < 1.29 is 9.53 Å². The molecule has 0 saturated heterocycles. The van der Waals surface area contributed by atoms with Crippen molar-refractivity contribution in [3.8, 4) is 5.75 Å². The summed E-state index contributed by atoms with van der Waals surface area (Å²) in [5, 5.41) is 8.14. The van der Waals surface area contributed by atoms with Crippen LogP contribution in [0.1, 0.15) is 23.8 Å². The standard InChI is InChI=1S/C19H19N3O3/c1-3-12-22-19(24)16-7-5-4-6-15(16)17(21-22)18(23)20-13-8-10-14(25-2)11-9-13/h4-11H,3,12H2,1-2H3,(H,20,23). The molecular formula is C19H19N3O3. The van der Waals surface area contributed by atoms with Crippen molar-refractivity contribution in [1.29, 1.82) is 0 Å². The van der Waals surface area contributed by atoms with Crippen LogP contribution < -0.4 is 15.6 Å². The van der Waals surface area contributed by atoms with E-state index in [-0.39, 0.29) is 17.2 Å². The van der Waals surface area contributed by atoms with Gasteiger partial charge in [-0.1, -0.05) is 25.1 Å². The zero-order chi connectivity index (χ0) is 17.8. The van der Waals surface area contributed by atoms with E-state index in [9.17, 15) is 9.59 Å². The van der Waals surface area contributed by atoms with E-state index in [2.05, 4.69) is 10.4 Å². The number of ether oxygens (including phenoxy) is 1. The first-order chi connectivity index (χ1) is 12.1. The van der Waals surface area contributed by atoms with Crippen molar-refractivity contribution in [2.24, 2.45) is 0 Å². The van der Waals surface area contributed by atoms with Crippen molar-refractivity contribution in [2.45, 2.75) is 19.9 Å². The first-order valence-corrected chi connectivity index (χ1v) is 8.09. The fraction of sp³-hybridized carbons (Fsp3) is 0.211.